The van der Waals surface area contributed by atoms with Crippen LogP contribution < -0.4 is 5.14 Å². The van der Waals surface area contributed by atoms with E-state index in [1.54, 1.807) is 0 Å². The molecule has 0 radical (unpaired) electrons. The van der Waals surface area contributed by atoms with Crippen LogP contribution in [-0.2, 0) is 10.2 Å². The highest BCUT2D eigenvalue weighted by Crippen LogP contribution is 2.33. The predicted molar refractivity (Wildman–Crippen MR) is 106 cm³/mol. The second kappa shape index (κ2) is 7.69. The maximum atomic E-state index is 11.5. The van der Waals surface area contributed by atoms with Crippen LogP contribution in [0.2, 0.25) is 0 Å². The fourth-order valence-corrected chi connectivity index (χ4v) is 4.81. The van der Waals surface area contributed by atoms with Crippen LogP contribution in [0.15, 0.2) is 60.7 Å². The van der Waals surface area contributed by atoms with Crippen LogP contribution in [0, 0.1) is 0 Å². The molecule has 2 aromatic rings. The van der Waals surface area contributed by atoms with Crippen molar-refractivity contribution in [2.75, 3.05) is 39.3 Å². The van der Waals surface area contributed by atoms with Gasteiger partial charge in [0.05, 0.1) is 6.04 Å². The number of hydrogen-bond acceptors (Lipinski definition) is 4. The van der Waals surface area contributed by atoms with Gasteiger partial charge in [0.25, 0.3) is 10.2 Å². The number of likely N-dealkylation sites (tertiary alicyclic amines) is 1. The van der Waals surface area contributed by atoms with Gasteiger partial charge < -0.3 is 0 Å². The van der Waals surface area contributed by atoms with Crippen molar-refractivity contribution in [3.63, 3.8) is 0 Å². The van der Waals surface area contributed by atoms with Crippen LogP contribution in [0.3, 0.4) is 0 Å². The second-order valence-electron chi connectivity index (χ2n) is 7.31. The molecule has 0 amide bonds. The first kappa shape index (κ1) is 18.6. The maximum Gasteiger partial charge on any atom is 0.276 e. The van der Waals surface area contributed by atoms with Crippen LogP contribution in [0.1, 0.15) is 17.2 Å². The summed E-state index contributed by atoms with van der Waals surface area (Å²) in [6.45, 7) is 4.44. The summed E-state index contributed by atoms with van der Waals surface area (Å²) in [6, 6.07) is 22.0. The van der Waals surface area contributed by atoms with E-state index in [1.165, 1.54) is 15.4 Å². The van der Waals surface area contributed by atoms with E-state index in [1.807, 2.05) is 0 Å². The van der Waals surface area contributed by atoms with Crippen LogP contribution in [0.5, 0.6) is 0 Å². The van der Waals surface area contributed by atoms with E-state index in [-0.39, 0.29) is 6.04 Å². The van der Waals surface area contributed by atoms with Crippen molar-refractivity contribution in [2.24, 2.45) is 5.14 Å². The zero-order valence-corrected chi connectivity index (χ0v) is 16.1. The molecule has 0 aliphatic carbocycles. The first-order chi connectivity index (χ1) is 13.0. The minimum Gasteiger partial charge on any atom is -0.295 e. The number of nitrogens with zero attached hydrogens (tertiary/aromatic N) is 3. The lowest BCUT2D eigenvalue weighted by atomic mass is 9.92. The topological polar surface area (TPSA) is 69.9 Å². The third-order valence-corrected chi connectivity index (χ3v) is 6.72. The average molecular weight is 387 g/mol. The molecule has 4 rings (SSSR count). The van der Waals surface area contributed by atoms with E-state index in [4.69, 9.17) is 5.14 Å². The van der Waals surface area contributed by atoms with Gasteiger partial charge in [0.1, 0.15) is 0 Å². The SMILES string of the molecule is NS(=O)(=O)N1CCN(C2CN(C(c3ccccc3)c3ccccc3)C2)CC1. The van der Waals surface area contributed by atoms with Crippen molar-refractivity contribution in [2.45, 2.75) is 12.1 Å². The van der Waals surface area contributed by atoms with Crippen molar-refractivity contribution in [3.8, 4) is 0 Å². The molecule has 0 spiro atoms. The molecule has 2 aliphatic rings. The lowest BCUT2D eigenvalue weighted by Crippen LogP contribution is -2.64. The summed E-state index contributed by atoms with van der Waals surface area (Å²) in [4.78, 5) is 4.90. The van der Waals surface area contributed by atoms with Gasteiger partial charge in [-0.2, -0.15) is 12.7 Å². The molecule has 2 fully saturated rings. The molecule has 0 aromatic heterocycles. The summed E-state index contributed by atoms with van der Waals surface area (Å²) in [6.07, 6.45) is 0. The molecule has 0 atom stereocenters. The van der Waals surface area contributed by atoms with Gasteiger partial charge in [0.2, 0.25) is 0 Å². The van der Waals surface area contributed by atoms with Crippen molar-refractivity contribution in [1.82, 2.24) is 14.1 Å². The molecule has 27 heavy (non-hydrogen) atoms. The molecular weight excluding hydrogens is 360 g/mol. The van der Waals surface area contributed by atoms with E-state index in [9.17, 15) is 8.42 Å². The number of benzene rings is 2. The normalized spacial score (nSPS) is 20.7. The number of hydrogen-bond donors (Lipinski definition) is 1. The molecule has 6 nitrogen and oxygen atoms in total. The Morgan fingerprint density at radius 3 is 1.74 bits per heavy atom. The molecule has 0 unspecified atom stereocenters. The Hall–Kier alpha value is -1.77. The maximum absolute atomic E-state index is 11.5. The molecule has 7 heteroatoms. The van der Waals surface area contributed by atoms with Crippen molar-refractivity contribution in [3.05, 3.63) is 71.8 Å². The average Bonchev–Trinajstić information content (AvgIpc) is 2.65. The molecule has 144 valence electrons. The monoisotopic (exact) mass is 386 g/mol. The summed E-state index contributed by atoms with van der Waals surface area (Å²) in [5.74, 6) is 0. The fourth-order valence-electron chi connectivity index (χ4n) is 4.14. The Bertz CT molecular complexity index is 807. The van der Waals surface area contributed by atoms with E-state index >= 15 is 0 Å². The molecule has 2 saturated heterocycles. The number of nitrogens with two attached hydrogens (primary N) is 1. The summed E-state index contributed by atoms with van der Waals surface area (Å²) in [5, 5.41) is 5.24. The summed E-state index contributed by atoms with van der Waals surface area (Å²) < 4.78 is 24.3. The predicted octanol–water partition coefficient (Wildman–Crippen LogP) is 1.28. The Kier molecular flexibility index (Phi) is 5.29. The highest BCUT2D eigenvalue weighted by Gasteiger charge is 2.38. The number of piperazine rings is 1. The molecular formula is C20H26N4O2S. The van der Waals surface area contributed by atoms with Gasteiger partial charge in [-0.3, -0.25) is 9.80 Å². The molecule has 0 bridgehead atoms. The highest BCUT2D eigenvalue weighted by molar-refractivity contribution is 7.86. The van der Waals surface area contributed by atoms with E-state index in [0.29, 0.717) is 19.1 Å². The zero-order valence-electron chi connectivity index (χ0n) is 15.3. The lowest BCUT2D eigenvalue weighted by Gasteiger charge is -2.50. The van der Waals surface area contributed by atoms with Crippen molar-refractivity contribution >= 4 is 10.2 Å². The van der Waals surface area contributed by atoms with Crippen LogP contribution in [-0.4, -0.2) is 67.8 Å². The first-order valence-corrected chi connectivity index (χ1v) is 10.9. The second-order valence-corrected chi connectivity index (χ2v) is 8.86. The van der Waals surface area contributed by atoms with Gasteiger partial charge >= 0.3 is 0 Å². The summed E-state index contributed by atoms with van der Waals surface area (Å²) in [5.41, 5.74) is 2.61. The van der Waals surface area contributed by atoms with Gasteiger partial charge in [0.15, 0.2) is 0 Å². The minimum atomic E-state index is -3.56. The highest BCUT2D eigenvalue weighted by atomic mass is 32.2. The van der Waals surface area contributed by atoms with Gasteiger partial charge in [0, 0.05) is 45.3 Å². The Morgan fingerprint density at radius 2 is 1.30 bits per heavy atom. The lowest BCUT2D eigenvalue weighted by molar-refractivity contribution is 0.000471. The van der Waals surface area contributed by atoms with Crippen molar-refractivity contribution < 1.29 is 8.42 Å². The smallest absolute Gasteiger partial charge is 0.276 e. The molecule has 2 heterocycles. The molecule has 2 aliphatic heterocycles. The number of rotatable bonds is 5. The van der Waals surface area contributed by atoms with Crippen LogP contribution in [0.4, 0.5) is 0 Å². The van der Waals surface area contributed by atoms with Gasteiger partial charge in [-0.1, -0.05) is 60.7 Å². The summed E-state index contributed by atoms with van der Waals surface area (Å²) >= 11 is 0. The summed E-state index contributed by atoms with van der Waals surface area (Å²) in [7, 11) is -3.56. The Balaban J connectivity index is 1.42. The van der Waals surface area contributed by atoms with E-state index in [0.717, 1.165) is 26.2 Å². The van der Waals surface area contributed by atoms with Crippen molar-refractivity contribution in [1.29, 1.82) is 0 Å². The van der Waals surface area contributed by atoms with Gasteiger partial charge in [-0.05, 0) is 11.1 Å². The quantitative estimate of drug-likeness (QED) is 0.841. The van der Waals surface area contributed by atoms with E-state index in [2.05, 4.69) is 70.5 Å². The third-order valence-electron chi connectivity index (χ3n) is 5.64. The molecule has 2 N–H and O–H groups in total. The Labute approximate surface area is 161 Å². The minimum absolute atomic E-state index is 0.259. The third kappa shape index (κ3) is 4.07. The standard InChI is InChI=1S/C20H26N4O2S/c21-27(25,26)24-13-11-22(12-14-24)19-15-23(16-19)20(17-7-3-1-4-8-17)18-9-5-2-6-10-18/h1-10,19-20H,11-16H2,(H2,21,25,26). The van der Waals surface area contributed by atoms with Gasteiger partial charge in [-0.25, -0.2) is 5.14 Å². The zero-order chi connectivity index (χ0) is 18.9. The van der Waals surface area contributed by atoms with Crippen LogP contribution in [0.25, 0.3) is 0 Å². The van der Waals surface area contributed by atoms with Gasteiger partial charge in [-0.15, -0.1) is 0 Å². The largest absolute Gasteiger partial charge is 0.295 e. The van der Waals surface area contributed by atoms with Crippen LogP contribution >= 0.6 is 0 Å². The van der Waals surface area contributed by atoms with E-state index < -0.39 is 10.2 Å². The Morgan fingerprint density at radius 1 is 0.815 bits per heavy atom. The molecule has 0 saturated carbocycles. The molecule has 2 aromatic carbocycles. The first-order valence-electron chi connectivity index (χ1n) is 9.38. The fraction of sp³-hybridized carbons (Fsp3) is 0.400.